The highest BCUT2D eigenvalue weighted by Gasteiger charge is 2.48. The monoisotopic (exact) mass is 328 g/mol. The lowest BCUT2D eigenvalue weighted by atomic mass is 10.0. The molecule has 0 aromatic carbocycles. The first-order chi connectivity index (χ1) is 8.62. The molecule has 5 nitrogen and oxygen atoms in total. The van der Waals surface area contributed by atoms with Gasteiger partial charge in [-0.15, -0.1) is 0 Å². The molecule has 0 aliphatic carbocycles. The second-order valence-corrected chi connectivity index (χ2v) is 8.96. The Labute approximate surface area is 124 Å². The molecule has 3 N–H and O–H groups in total. The Morgan fingerprint density at radius 3 is 2.21 bits per heavy atom. The van der Waals surface area contributed by atoms with Crippen molar-refractivity contribution in [2.24, 2.45) is 5.73 Å². The summed E-state index contributed by atoms with van der Waals surface area (Å²) in [7, 11) is -4.82. The number of nitrogens with one attached hydrogen (secondary N) is 1. The van der Waals surface area contributed by atoms with E-state index in [1.165, 1.54) is 6.26 Å². The average Bonchev–Trinajstić information content (AvgIpc) is 2.22. The first-order valence-electron chi connectivity index (χ1n) is 6.21. The molecule has 0 fully saturated rings. The van der Waals surface area contributed by atoms with E-state index in [0.717, 1.165) is 12.7 Å². The van der Waals surface area contributed by atoms with Gasteiger partial charge in [-0.1, -0.05) is 26.7 Å². The Morgan fingerprint density at radius 2 is 1.95 bits per heavy atom. The van der Waals surface area contributed by atoms with Crippen LogP contribution in [0.3, 0.4) is 0 Å². The minimum absolute atomic E-state index is 0.0783. The van der Waals surface area contributed by atoms with Gasteiger partial charge in [-0.2, -0.15) is 0 Å². The van der Waals surface area contributed by atoms with E-state index >= 15 is 0 Å². The van der Waals surface area contributed by atoms with Crippen molar-refractivity contribution in [3.63, 3.8) is 0 Å². The van der Waals surface area contributed by atoms with Crippen LogP contribution in [0.5, 0.6) is 0 Å². The largest absolute Gasteiger partial charge is 0.376 e. The van der Waals surface area contributed by atoms with Gasteiger partial charge >= 0.3 is 0 Å². The minimum atomic E-state index is -3.52. The highest BCUT2D eigenvalue weighted by Crippen LogP contribution is 2.30. The molecule has 0 amide bonds. The summed E-state index contributed by atoms with van der Waals surface area (Å²) in [5.74, 6) is 0. The van der Waals surface area contributed by atoms with Gasteiger partial charge in [0, 0.05) is 23.3 Å². The Balaban J connectivity index is 5.92. The third kappa shape index (κ3) is 4.68. The fourth-order valence-corrected chi connectivity index (χ4v) is 6.25. The van der Waals surface area contributed by atoms with E-state index in [0.29, 0.717) is 19.3 Å². The number of thiocarbonyl (C=S) groups is 1. The number of hydrogen-bond donors (Lipinski definition) is 2. The lowest BCUT2D eigenvalue weighted by Gasteiger charge is -2.39. The summed E-state index contributed by atoms with van der Waals surface area (Å²) >= 11 is 4.82. The van der Waals surface area contributed by atoms with Crippen LogP contribution >= 0.6 is 12.2 Å². The summed E-state index contributed by atoms with van der Waals surface area (Å²) in [6.07, 6.45) is 4.89. The highest BCUT2D eigenvalue weighted by atomic mass is 32.2. The number of hydrogen-bond acceptors (Lipinski definition) is 4. The molecule has 0 saturated carbocycles. The Kier molecular flexibility index (Phi) is 7.46. The molecule has 0 heterocycles. The molecule has 3 unspecified atom stereocenters. The van der Waals surface area contributed by atoms with Gasteiger partial charge in [0.2, 0.25) is 0 Å². The zero-order valence-electron chi connectivity index (χ0n) is 11.9. The zero-order valence-corrected chi connectivity index (χ0v) is 14.4. The molecule has 3 atom stereocenters. The molecular formula is C11H24N2O3S3. The number of rotatable bonds is 8. The molecule has 0 radical (unpaired) electrons. The van der Waals surface area contributed by atoms with Crippen molar-refractivity contribution in [2.75, 3.05) is 12.5 Å². The average molecular weight is 329 g/mol. The maximum absolute atomic E-state index is 12.3. The summed E-state index contributed by atoms with van der Waals surface area (Å²) in [5.41, 5.74) is 5.50. The van der Waals surface area contributed by atoms with Crippen LogP contribution in [0.25, 0.3) is 0 Å². The lowest BCUT2D eigenvalue weighted by Crippen LogP contribution is -2.63. The molecule has 0 aromatic heterocycles. The fraction of sp³-hybridized carbons (Fsp3) is 0.909. The summed E-state index contributed by atoms with van der Waals surface area (Å²) in [5, 5.41) is 2.12. The van der Waals surface area contributed by atoms with Gasteiger partial charge in [-0.3, -0.25) is 4.21 Å². The van der Waals surface area contributed by atoms with Crippen molar-refractivity contribution in [3.8, 4) is 0 Å². The van der Waals surface area contributed by atoms with Gasteiger partial charge < -0.3 is 11.1 Å². The minimum Gasteiger partial charge on any atom is -0.376 e. The summed E-state index contributed by atoms with van der Waals surface area (Å²) in [4.78, 5) is -1.34. The second kappa shape index (κ2) is 7.54. The van der Waals surface area contributed by atoms with Crippen LogP contribution in [0, 0.1) is 0 Å². The van der Waals surface area contributed by atoms with Crippen molar-refractivity contribution in [2.45, 2.75) is 49.7 Å². The fourth-order valence-electron chi connectivity index (χ4n) is 2.33. The summed E-state index contributed by atoms with van der Waals surface area (Å²) in [6, 6.07) is 0. The van der Waals surface area contributed by atoms with Gasteiger partial charge in [0.1, 0.15) is 0 Å². The van der Waals surface area contributed by atoms with Crippen molar-refractivity contribution in [1.82, 2.24) is 5.32 Å². The third-order valence-electron chi connectivity index (χ3n) is 3.09. The van der Waals surface area contributed by atoms with Gasteiger partial charge in [0.25, 0.3) is 0 Å². The standard InChI is InChI=1S/C11H24N2O3S3/c1-5-7-9(18(3)14)11(8-6-2,13-10(12)17)19(4,15)16/h9H,5-8H2,1-4H3,(H3,12,13,17). The van der Waals surface area contributed by atoms with Crippen LogP contribution in [-0.4, -0.2) is 40.4 Å². The summed E-state index contributed by atoms with van der Waals surface area (Å²) in [6.45, 7) is 3.81. The van der Waals surface area contributed by atoms with Gasteiger partial charge in [0.15, 0.2) is 19.8 Å². The van der Waals surface area contributed by atoms with E-state index in [-0.39, 0.29) is 5.11 Å². The van der Waals surface area contributed by atoms with E-state index in [4.69, 9.17) is 18.0 Å². The van der Waals surface area contributed by atoms with Crippen LogP contribution in [0.2, 0.25) is 0 Å². The lowest BCUT2D eigenvalue weighted by molar-refractivity contribution is 0.419. The van der Waals surface area contributed by atoms with Crippen molar-refractivity contribution >= 4 is 38.0 Å². The van der Waals surface area contributed by atoms with E-state index < -0.39 is 30.8 Å². The topological polar surface area (TPSA) is 89.3 Å². The normalized spacial score (nSPS) is 18.3. The molecular weight excluding hydrogens is 304 g/mol. The van der Waals surface area contributed by atoms with Crippen molar-refractivity contribution in [3.05, 3.63) is 0 Å². The van der Waals surface area contributed by atoms with Gasteiger partial charge in [-0.25, -0.2) is 8.42 Å². The van der Waals surface area contributed by atoms with E-state index in [9.17, 15) is 12.6 Å². The van der Waals surface area contributed by atoms with Crippen LogP contribution in [0.4, 0.5) is 0 Å². The van der Waals surface area contributed by atoms with E-state index in [2.05, 4.69) is 5.32 Å². The molecule has 0 rings (SSSR count). The molecule has 0 saturated heterocycles. The number of nitrogens with two attached hydrogens (primary N) is 1. The van der Waals surface area contributed by atoms with Crippen molar-refractivity contribution < 1.29 is 12.6 Å². The zero-order chi connectivity index (χ0) is 15.3. The van der Waals surface area contributed by atoms with Crippen LogP contribution in [-0.2, 0) is 20.6 Å². The molecule has 0 spiro atoms. The molecule has 0 aliphatic heterocycles. The maximum atomic E-state index is 12.3. The predicted molar refractivity (Wildman–Crippen MR) is 85.2 cm³/mol. The smallest absolute Gasteiger partial charge is 0.172 e. The Hall–Kier alpha value is -0.210. The predicted octanol–water partition coefficient (Wildman–Crippen LogP) is 0.908. The number of sulfone groups is 1. The SMILES string of the molecule is CCCC(S(C)=O)C(CCC)(NC(N)=S)S(C)(=O)=O. The Morgan fingerprint density at radius 1 is 1.42 bits per heavy atom. The third-order valence-corrected chi connectivity index (χ3v) is 6.69. The highest BCUT2D eigenvalue weighted by molar-refractivity contribution is 7.94. The molecule has 19 heavy (non-hydrogen) atoms. The van der Waals surface area contributed by atoms with Crippen LogP contribution in [0.1, 0.15) is 39.5 Å². The van der Waals surface area contributed by atoms with Crippen LogP contribution in [0.15, 0.2) is 0 Å². The molecule has 0 aromatic rings. The summed E-state index contributed by atoms with van der Waals surface area (Å²) < 4.78 is 36.6. The first kappa shape index (κ1) is 18.8. The first-order valence-corrected chi connectivity index (χ1v) is 10.1. The van der Waals surface area contributed by atoms with Gasteiger partial charge in [-0.05, 0) is 25.1 Å². The second-order valence-electron chi connectivity index (χ2n) is 4.68. The van der Waals surface area contributed by atoms with E-state index in [1.807, 2.05) is 13.8 Å². The maximum Gasteiger partial charge on any atom is 0.172 e. The van der Waals surface area contributed by atoms with Crippen molar-refractivity contribution in [1.29, 1.82) is 0 Å². The molecule has 8 heteroatoms. The van der Waals surface area contributed by atoms with Gasteiger partial charge in [0.05, 0.1) is 5.25 Å². The molecule has 0 aliphatic rings. The quantitative estimate of drug-likeness (QED) is 0.644. The molecule has 114 valence electrons. The Bertz CT molecular complexity index is 436. The molecule has 0 bridgehead atoms. The van der Waals surface area contributed by atoms with E-state index in [1.54, 1.807) is 0 Å². The van der Waals surface area contributed by atoms with Crippen LogP contribution < -0.4 is 11.1 Å².